The van der Waals surface area contributed by atoms with Gasteiger partial charge in [0.1, 0.15) is 13.2 Å². The average Bonchev–Trinajstić information content (AvgIpc) is 2.93. The highest BCUT2D eigenvalue weighted by Crippen LogP contribution is 2.38. The minimum atomic E-state index is 0.373. The van der Waals surface area contributed by atoms with Crippen molar-refractivity contribution >= 4 is 0 Å². The van der Waals surface area contributed by atoms with E-state index in [-0.39, 0.29) is 0 Å². The summed E-state index contributed by atoms with van der Waals surface area (Å²) in [5.74, 6) is 2.47. The van der Waals surface area contributed by atoms with Gasteiger partial charge in [0.25, 0.3) is 5.89 Å². The first-order valence-corrected chi connectivity index (χ1v) is 6.69. The molecule has 20 heavy (non-hydrogen) atoms. The van der Waals surface area contributed by atoms with Crippen LogP contribution < -0.4 is 14.8 Å². The van der Waals surface area contributed by atoms with Crippen LogP contribution in [0, 0.1) is 0 Å². The number of nitrogens with one attached hydrogen (secondary N) is 1. The standard InChI is InChI=1S/C14H17N3O3/c1-9(2)15-8-12-16-14(20-17-12)10-4-3-5-11-13(10)19-7-6-18-11/h3-5,9,15H,6-8H2,1-2H3. The van der Waals surface area contributed by atoms with Crippen molar-refractivity contribution in [3.05, 3.63) is 24.0 Å². The summed E-state index contributed by atoms with van der Waals surface area (Å²) in [5.41, 5.74) is 0.769. The van der Waals surface area contributed by atoms with Gasteiger partial charge in [0.15, 0.2) is 17.3 Å². The van der Waals surface area contributed by atoms with Crippen LogP contribution in [0.15, 0.2) is 22.7 Å². The molecule has 0 saturated carbocycles. The van der Waals surface area contributed by atoms with Gasteiger partial charge in [-0.3, -0.25) is 0 Å². The lowest BCUT2D eigenvalue weighted by molar-refractivity contribution is 0.172. The lowest BCUT2D eigenvalue weighted by Crippen LogP contribution is -2.22. The first-order chi connectivity index (χ1) is 9.74. The maximum absolute atomic E-state index is 5.65. The summed E-state index contributed by atoms with van der Waals surface area (Å²) in [4.78, 5) is 4.38. The van der Waals surface area contributed by atoms with E-state index in [0.717, 1.165) is 5.56 Å². The largest absolute Gasteiger partial charge is 0.486 e. The molecule has 2 heterocycles. The maximum atomic E-state index is 5.65. The van der Waals surface area contributed by atoms with E-state index in [1.807, 2.05) is 18.2 Å². The van der Waals surface area contributed by atoms with Crippen molar-refractivity contribution in [2.75, 3.05) is 13.2 Å². The van der Waals surface area contributed by atoms with Gasteiger partial charge in [-0.2, -0.15) is 4.98 Å². The number of hydrogen-bond acceptors (Lipinski definition) is 6. The zero-order valence-electron chi connectivity index (χ0n) is 11.5. The molecule has 0 bridgehead atoms. The highest BCUT2D eigenvalue weighted by atomic mass is 16.6. The fourth-order valence-electron chi connectivity index (χ4n) is 1.97. The van der Waals surface area contributed by atoms with Crippen LogP contribution in [0.1, 0.15) is 19.7 Å². The second-order valence-electron chi connectivity index (χ2n) is 4.88. The Morgan fingerprint density at radius 3 is 2.95 bits per heavy atom. The molecule has 1 aromatic carbocycles. The SMILES string of the molecule is CC(C)NCc1noc(-c2cccc3c2OCCO3)n1. The molecule has 0 radical (unpaired) electrons. The molecule has 2 aromatic rings. The number of nitrogens with zero attached hydrogens (tertiary/aromatic N) is 2. The van der Waals surface area contributed by atoms with Crippen LogP contribution in [0.4, 0.5) is 0 Å². The molecular weight excluding hydrogens is 258 g/mol. The second kappa shape index (κ2) is 5.50. The molecule has 3 rings (SSSR count). The van der Waals surface area contributed by atoms with Crippen LogP contribution in [-0.2, 0) is 6.54 Å². The van der Waals surface area contributed by atoms with Gasteiger partial charge in [-0.15, -0.1) is 0 Å². The smallest absolute Gasteiger partial charge is 0.261 e. The van der Waals surface area contributed by atoms with E-state index in [0.29, 0.717) is 49.0 Å². The van der Waals surface area contributed by atoms with Crippen molar-refractivity contribution in [3.8, 4) is 23.0 Å². The van der Waals surface area contributed by atoms with E-state index >= 15 is 0 Å². The molecule has 1 aromatic heterocycles. The van der Waals surface area contributed by atoms with E-state index in [2.05, 4.69) is 29.3 Å². The quantitative estimate of drug-likeness (QED) is 0.920. The van der Waals surface area contributed by atoms with E-state index in [4.69, 9.17) is 14.0 Å². The average molecular weight is 275 g/mol. The van der Waals surface area contributed by atoms with Crippen molar-refractivity contribution in [1.29, 1.82) is 0 Å². The molecule has 106 valence electrons. The van der Waals surface area contributed by atoms with Crippen molar-refractivity contribution in [2.24, 2.45) is 0 Å². The second-order valence-corrected chi connectivity index (χ2v) is 4.88. The molecule has 0 spiro atoms. The number of rotatable bonds is 4. The number of ether oxygens (including phenoxy) is 2. The fraction of sp³-hybridized carbons (Fsp3) is 0.429. The monoisotopic (exact) mass is 275 g/mol. The Kier molecular flexibility index (Phi) is 3.56. The third-order valence-electron chi connectivity index (χ3n) is 2.93. The highest BCUT2D eigenvalue weighted by molar-refractivity contribution is 5.67. The summed E-state index contributed by atoms with van der Waals surface area (Å²) in [6.07, 6.45) is 0. The molecule has 6 nitrogen and oxygen atoms in total. The number of fused-ring (bicyclic) bond motifs is 1. The van der Waals surface area contributed by atoms with Crippen molar-refractivity contribution in [2.45, 2.75) is 26.4 Å². The van der Waals surface area contributed by atoms with E-state index in [9.17, 15) is 0 Å². The third kappa shape index (κ3) is 2.60. The minimum absolute atomic E-state index is 0.373. The molecule has 1 aliphatic rings. The van der Waals surface area contributed by atoms with Gasteiger partial charge < -0.3 is 19.3 Å². The van der Waals surface area contributed by atoms with Crippen LogP contribution in [0.3, 0.4) is 0 Å². The van der Waals surface area contributed by atoms with Gasteiger partial charge in [-0.25, -0.2) is 0 Å². The van der Waals surface area contributed by atoms with Crippen molar-refractivity contribution < 1.29 is 14.0 Å². The van der Waals surface area contributed by atoms with Crippen LogP contribution in [0.2, 0.25) is 0 Å². The Morgan fingerprint density at radius 1 is 1.25 bits per heavy atom. The fourth-order valence-corrected chi connectivity index (χ4v) is 1.97. The van der Waals surface area contributed by atoms with Gasteiger partial charge in [0.05, 0.1) is 12.1 Å². The molecule has 1 N–H and O–H groups in total. The van der Waals surface area contributed by atoms with Gasteiger partial charge >= 0.3 is 0 Å². The summed E-state index contributed by atoms with van der Waals surface area (Å²) in [7, 11) is 0. The highest BCUT2D eigenvalue weighted by Gasteiger charge is 2.20. The van der Waals surface area contributed by atoms with E-state index in [1.54, 1.807) is 0 Å². The summed E-state index contributed by atoms with van der Waals surface area (Å²) in [6, 6.07) is 6.02. The summed E-state index contributed by atoms with van der Waals surface area (Å²) in [5, 5.41) is 7.22. The lowest BCUT2D eigenvalue weighted by Gasteiger charge is -2.19. The Hall–Kier alpha value is -2.08. The summed E-state index contributed by atoms with van der Waals surface area (Å²) in [6.45, 7) is 5.80. The van der Waals surface area contributed by atoms with E-state index < -0.39 is 0 Å². The summed E-state index contributed by atoms with van der Waals surface area (Å²) < 4.78 is 16.5. The van der Waals surface area contributed by atoms with Gasteiger partial charge in [0, 0.05) is 6.04 Å². The van der Waals surface area contributed by atoms with Crippen LogP contribution >= 0.6 is 0 Å². The van der Waals surface area contributed by atoms with Crippen LogP contribution in [0.25, 0.3) is 11.5 Å². The molecule has 0 fully saturated rings. The molecule has 6 heteroatoms. The third-order valence-corrected chi connectivity index (χ3v) is 2.93. The van der Waals surface area contributed by atoms with E-state index in [1.165, 1.54) is 0 Å². The van der Waals surface area contributed by atoms with Crippen LogP contribution in [-0.4, -0.2) is 29.4 Å². The predicted molar refractivity (Wildman–Crippen MR) is 72.7 cm³/mol. The van der Waals surface area contributed by atoms with Gasteiger partial charge in [-0.05, 0) is 12.1 Å². The number of para-hydroxylation sites is 1. The molecule has 0 atom stereocenters. The van der Waals surface area contributed by atoms with Crippen molar-refractivity contribution in [1.82, 2.24) is 15.5 Å². The van der Waals surface area contributed by atoms with Gasteiger partial charge in [-0.1, -0.05) is 25.1 Å². The molecule has 0 aliphatic carbocycles. The number of hydrogen-bond donors (Lipinski definition) is 1. The Labute approximate surface area is 117 Å². The molecule has 0 unspecified atom stereocenters. The lowest BCUT2D eigenvalue weighted by atomic mass is 10.1. The molecule has 0 saturated heterocycles. The zero-order valence-corrected chi connectivity index (χ0v) is 11.5. The first kappa shape index (κ1) is 12.9. The Bertz CT molecular complexity index is 595. The molecular formula is C14H17N3O3. The number of benzene rings is 1. The zero-order chi connectivity index (χ0) is 13.9. The van der Waals surface area contributed by atoms with Gasteiger partial charge in [0.2, 0.25) is 0 Å². The first-order valence-electron chi connectivity index (χ1n) is 6.69. The molecule has 1 aliphatic heterocycles. The predicted octanol–water partition coefficient (Wildman–Crippen LogP) is 2.01. The summed E-state index contributed by atoms with van der Waals surface area (Å²) >= 11 is 0. The Balaban J connectivity index is 1.86. The number of aromatic nitrogens is 2. The topological polar surface area (TPSA) is 69.4 Å². The maximum Gasteiger partial charge on any atom is 0.261 e. The Morgan fingerprint density at radius 2 is 2.10 bits per heavy atom. The molecule has 0 amide bonds. The van der Waals surface area contributed by atoms with Crippen LogP contribution in [0.5, 0.6) is 11.5 Å². The van der Waals surface area contributed by atoms with Crippen molar-refractivity contribution in [3.63, 3.8) is 0 Å². The minimum Gasteiger partial charge on any atom is -0.486 e. The normalized spacial score (nSPS) is 13.8.